The highest BCUT2D eigenvalue weighted by molar-refractivity contribution is 5.17. The number of H-pyrrole nitrogens is 1. The summed E-state index contributed by atoms with van der Waals surface area (Å²) in [7, 11) is 0. The van der Waals surface area contributed by atoms with E-state index in [-0.39, 0.29) is 11.2 Å². The normalized spacial score (nSPS) is 11.8. The van der Waals surface area contributed by atoms with Crippen LogP contribution < -0.4 is 5.32 Å². The molecule has 0 aliphatic carbocycles. The van der Waals surface area contributed by atoms with E-state index in [2.05, 4.69) is 42.4 Å². The maximum atomic E-state index is 13.4. The summed E-state index contributed by atoms with van der Waals surface area (Å²) in [5.74, 6) is -0.110. The van der Waals surface area contributed by atoms with Gasteiger partial charge in [0.05, 0.1) is 5.69 Å². The lowest BCUT2D eigenvalue weighted by atomic mass is 9.92. The Hall–Kier alpha value is -1.68. The Balaban J connectivity index is 1.71. The van der Waals surface area contributed by atoms with Crippen LogP contribution in [0.3, 0.4) is 0 Å². The van der Waals surface area contributed by atoms with Gasteiger partial charge in [0.2, 0.25) is 0 Å². The number of nitrogens with zero attached hydrogens (tertiary/aromatic N) is 1. The SMILES string of the molecule is CC(C)(C)c1cc(CNCCCc2ccccc2F)[nH]n1. The number of hydrogen-bond acceptors (Lipinski definition) is 2. The number of rotatable bonds is 6. The topological polar surface area (TPSA) is 40.7 Å². The number of aromatic nitrogens is 2. The molecule has 0 aliphatic heterocycles. The molecule has 0 amide bonds. The van der Waals surface area contributed by atoms with Crippen molar-refractivity contribution in [1.29, 1.82) is 0 Å². The lowest BCUT2D eigenvalue weighted by Crippen LogP contribution is -2.15. The molecule has 2 rings (SSSR count). The Morgan fingerprint density at radius 1 is 1.24 bits per heavy atom. The molecule has 0 saturated carbocycles. The quantitative estimate of drug-likeness (QED) is 0.798. The molecule has 0 fully saturated rings. The van der Waals surface area contributed by atoms with E-state index in [9.17, 15) is 4.39 Å². The van der Waals surface area contributed by atoms with Crippen molar-refractivity contribution < 1.29 is 4.39 Å². The van der Waals surface area contributed by atoms with E-state index >= 15 is 0 Å². The van der Waals surface area contributed by atoms with Crippen molar-refractivity contribution in [3.8, 4) is 0 Å². The largest absolute Gasteiger partial charge is 0.311 e. The third-order valence-corrected chi connectivity index (χ3v) is 3.47. The second-order valence-corrected chi connectivity index (χ2v) is 6.40. The molecular formula is C17H24FN3. The number of nitrogens with one attached hydrogen (secondary N) is 2. The highest BCUT2D eigenvalue weighted by atomic mass is 19.1. The molecular weight excluding hydrogens is 265 g/mol. The summed E-state index contributed by atoms with van der Waals surface area (Å²) in [4.78, 5) is 0. The third-order valence-electron chi connectivity index (χ3n) is 3.47. The molecule has 21 heavy (non-hydrogen) atoms. The zero-order valence-electron chi connectivity index (χ0n) is 13.0. The van der Waals surface area contributed by atoms with Gasteiger partial charge in [0.25, 0.3) is 0 Å². The van der Waals surface area contributed by atoms with Crippen LogP contribution in [0.4, 0.5) is 4.39 Å². The van der Waals surface area contributed by atoms with Crippen molar-refractivity contribution in [2.45, 2.75) is 45.6 Å². The number of hydrogen-bond donors (Lipinski definition) is 2. The monoisotopic (exact) mass is 289 g/mol. The standard InChI is InChI=1S/C17H24FN3/c1-17(2,3)16-11-14(20-21-16)12-19-10-6-8-13-7-4-5-9-15(13)18/h4-5,7,9,11,19H,6,8,10,12H2,1-3H3,(H,20,21). The molecule has 1 aromatic carbocycles. The summed E-state index contributed by atoms with van der Waals surface area (Å²) in [5, 5.41) is 10.8. The summed E-state index contributed by atoms with van der Waals surface area (Å²) in [6.45, 7) is 8.07. The Morgan fingerprint density at radius 3 is 2.67 bits per heavy atom. The van der Waals surface area contributed by atoms with E-state index in [0.29, 0.717) is 0 Å². The Labute approximate surface area is 126 Å². The van der Waals surface area contributed by atoms with Gasteiger partial charge in [-0.05, 0) is 37.1 Å². The van der Waals surface area contributed by atoms with Crippen LogP contribution in [0.2, 0.25) is 0 Å². The van der Waals surface area contributed by atoms with E-state index in [0.717, 1.165) is 42.9 Å². The third kappa shape index (κ3) is 4.67. The summed E-state index contributed by atoms with van der Waals surface area (Å²) in [6.07, 6.45) is 1.68. The minimum absolute atomic E-state index is 0.0690. The fourth-order valence-corrected chi connectivity index (χ4v) is 2.16. The lowest BCUT2D eigenvalue weighted by molar-refractivity contribution is 0.566. The first-order valence-corrected chi connectivity index (χ1v) is 7.46. The van der Waals surface area contributed by atoms with Crippen molar-refractivity contribution in [3.05, 3.63) is 53.1 Å². The maximum Gasteiger partial charge on any atom is 0.126 e. The van der Waals surface area contributed by atoms with E-state index in [4.69, 9.17) is 0 Å². The molecule has 0 saturated heterocycles. The van der Waals surface area contributed by atoms with Crippen molar-refractivity contribution >= 4 is 0 Å². The number of benzene rings is 1. The second-order valence-electron chi connectivity index (χ2n) is 6.40. The second kappa shape index (κ2) is 6.85. The van der Waals surface area contributed by atoms with Gasteiger partial charge in [-0.15, -0.1) is 0 Å². The van der Waals surface area contributed by atoms with Gasteiger partial charge in [-0.25, -0.2) is 4.39 Å². The van der Waals surface area contributed by atoms with Gasteiger partial charge in [-0.3, -0.25) is 5.10 Å². The molecule has 0 unspecified atom stereocenters. The molecule has 1 aromatic heterocycles. The van der Waals surface area contributed by atoms with Crippen molar-refractivity contribution in [3.63, 3.8) is 0 Å². The van der Waals surface area contributed by atoms with E-state index in [1.807, 2.05) is 12.1 Å². The first-order chi connectivity index (χ1) is 9.97. The molecule has 2 aromatic rings. The highest BCUT2D eigenvalue weighted by Gasteiger charge is 2.16. The van der Waals surface area contributed by atoms with E-state index in [1.54, 1.807) is 6.07 Å². The van der Waals surface area contributed by atoms with Gasteiger partial charge >= 0.3 is 0 Å². The van der Waals surface area contributed by atoms with Crippen LogP contribution in [-0.2, 0) is 18.4 Å². The van der Waals surface area contributed by atoms with Crippen LogP contribution in [0.5, 0.6) is 0 Å². The van der Waals surface area contributed by atoms with Crippen LogP contribution >= 0.6 is 0 Å². The summed E-state index contributed by atoms with van der Waals surface area (Å²) >= 11 is 0. The number of aryl methyl sites for hydroxylation is 1. The molecule has 0 aliphatic rings. The zero-order chi connectivity index (χ0) is 15.3. The highest BCUT2D eigenvalue weighted by Crippen LogP contribution is 2.20. The van der Waals surface area contributed by atoms with Gasteiger partial charge < -0.3 is 5.32 Å². The van der Waals surface area contributed by atoms with E-state index in [1.165, 1.54) is 6.07 Å². The zero-order valence-corrected chi connectivity index (χ0v) is 13.0. The summed E-state index contributed by atoms with van der Waals surface area (Å²) < 4.78 is 13.4. The lowest BCUT2D eigenvalue weighted by Gasteiger charge is -2.13. The first kappa shape index (κ1) is 15.7. The predicted octanol–water partition coefficient (Wildman–Crippen LogP) is 3.57. The molecule has 4 heteroatoms. The fourth-order valence-electron chi connectivity index (χ4n) is 2.16. The van der Waals surface area contributed by atoms with Crippen LogP contribution in [-0.4, -0.2) is 16.7 Å². The average Bonchev–Trinajstić information content (AvgIpc) is 2.89. The van der Waals surface area contributed by atoms with Gasteiger partial charge in [0.15, 0.2) is 0 Å². The molecule has 114 valence electrons. The molecule has 0 atom stereocenters. The van der Waals surface area contributed by atoms with Crippen LogP contribution in [0.1, 0.15) is 44.1 Å². The fraction of sp³-hybridized carbons (Fsp3) is 0.471. The Bertz CT molecular complexity index is 569. The molecule has 0 radical (unpaired) electrons. The predicted molar refractivity (Wildman–Crippen MR) is 83.7 cm³/mol. The number of halogens is 1. The molecule has 3 nitrogen and oxygen atoms in total. The minimum atomic E-state index is -0.110. The van der Waals surface area contributed by atoms with Crippen molar-refractivity contribution in [1.82, 2.24) is 15.5 Å². The van der Waals surface area contributed by atoms with Crippen LogP contribution in [0.25, 0.3) is 0 Å². The van der Waals surface area contributed by atoms with Gasteiger partial charge in [0, 0.05) is 17.7 Å². The smallest absolute Gasteiger partial charge is 0.126 e. The number of aromatic amines is 1. The molecule has 1 heterocycles. The van der Waals surface area contributed by atoms with Gasteiger partial charge in [-0.1, -0.05) is 39.0 Å². The maximum absolute atomic E-state index is 13.4. The van der Waals surface area contributed by atoms with E-state index < -0.39 is 0 Å². The molecule has 0 bridgehead atoms. The van der Waals surface area contributed by atoms with Crippen molar-refractivity contribution in [2.24, 2.45) is 0 Å². The molecule has 2 N–H and O–H groups in total. The van der Waals surface area contributed by atoms with Gasteiger partial charge in [-0.2, -0.15) is 5.10 Å². The summed E-state index contributed by atoms with van der Waals surface area (Å²) in [5.41, 5.74) is 3.02. The van der Waals surface area contributed by atoms with Crippen molar-refractivity contribution in [2.75, 3.05) is 6.54 Å². The minimum Gasteiger partial charge on any atom is -0.311 e. The summed E-state index contributed by atoms with van der Waals surface area (Å²) in [6, 6.07) is 9.07. The molecule has 0 spiro atoms. The van der Waals surface area contributed by atoms with Gasteiger partial charge in [0.1, 0.15) is 5.82 Å². The van der Waals surface area contributed by atoms with Crippen LogP contribution in [0.15, 0.2) is 30.3 Å². The Kier molecular flexibility index (Phi) is 5.12. The Morgan fingerprint density at radius 2 is 2.00 bits per heavy atom. The first-order valence-electron chi connectivity index (χ1n) is 7.46. The van der Waals surface area contributed by atoms with Crippen LogP contribution in [0, 0.1) is 5.82 Å². The average molecular weight is 289 g/mol.